The Morgan fingerprint density at radius 2 is 1.36 bits per heavy atom. The molecule has 0 bridgehead atoms. The molecule has 1 unspecified atom stereocenters. The molecule has 0 heterocycles. The molecule has 5 rings (SSSR count). The number of phenolic OH excluding ortho intramolecular Hbond substituents is 1. The van der Waals surface area contributed by atoms with Crippen molar-refractivity contribution in [2.24, 2.45) is 0 Å². The molecular weight excluding hydrogens is 420 g/mol. The predicted molar refractivity (Wildman–Crippen MR) is 142 cm³/mol. The highest BCUT2D eigenvalue weighted by atomic mass is 32.2. The predicted octanol–water partition coefficient (Wildman–Crippen LogP) is 8.54. The molecule has 0 radical (unpaired) electrons. The third-order valence-corrected chi connectivity index (χ3v) is 7.37. The second-order valence-corrected chi connectivity index (χ2v) is 9.46. The number of thioether (sulfide) groups is 1. The van der Waals surface area contributed by atoms with Crippen molar-refractivity contribution in [1.29, 1.82) is 0 Å². The number of fused-ring (bicyclic) bond motifs is 1. The summed E-state index contributed by atoms with van der Waals surface area (Å²) in [7, 11) is 0. The van der Waals surface area contributed by atoms with Crippen LogP contribution in [0.2, 0.25) is 0 Å². The molecule has 0 saturated heterocycles. The van der Waals surface area contributed by atoms with Crippen LogP contribution in [0.15, 0.2) is 115 Å². The second kappa shape index (κ2) is 9.56. The fourth-order valence-corrected chi connectivity index (χ4v) is 5.68. The molecule has 0 aromatic heterocycles. The van der Waals surface area contributed by atoms with Crippen molar-refractivity contribution in [2.75, 3.05) is 0 Å². The van der Waals surface area contributed by atoms with Crippen molar-refractivity contribution in [2.45, 2.75) is 17.9 Å². The van der Waals surface area contributed by atoms with Gasteiger partial charge in [0.1, 0.15) is 5.75 Å². The Morgan fingerprint density at radius 1 is 0.697 bits per heavy atom. The summed E-state index contributed by atoms with van der Waals surface area (Å²) in [5, 5.41) is 14.0. The minimum atomic E-state index is 0.0278. The van der Waals surface area contributed by atoms with Gasteiger partial charge in [-0.1, -0.05) is 109 Å². The Hall–Kier alpha value is -3.49. The van der Waals surface area contributed by atoms with Crippen LogP contribution in [0.25, 0.3) is 21.9 Å². The standard InChI is InChI=1S/C31H26OS/c1-22-19-28(27-18-10-16-24-13-8-9-17-26(24)27)30(32)29(20-22)31(25-14-6-3-7-15-25)33-21-23-11-4-2-5-12-23/h2-20,31-32H,21H2,1H3. The first-order chi connectivity index (χ1) is 16.2. The van der Waals surface area contributed by atoms with Crippen LogP contribution in [0.5, 0.6) is 5.75 Å². The van der Waals surface area contributed by atoms with Crippen LogP contribution in [0, 0.1) is 6.92 Å². The number of aryl methyl sites for hydroxylation is 1. The summed E-state index contributed by atoms with van der Waals surface area (Å²) in [6.45, 7) is 2.11. The van der Waals surface area contributed by atoms with Gasteiger partial charge in [-0.05, 0) is 46.0 Å². The summed E-state index contributed by atoms with van der Waals surface area (Å²) in [5.41, 5.74) is 6.54. The lowest BCUT2D eigenvalue weighted by Crippen LogP contribution is -2.00. The molecule has 2 heteroatoms. The van der Waals surface area contributed by atoms with Crippen molar-refractivity contribution < 1.29 is 5.11 Å². The zero-order valence-corrected chi connectivity index (χ0v) is 19.4. The summed E-state index contributed by atoms with van der Waals surface area (Å²) in [5.74, 6) is 1.24. The summed E-state index contributed by atoms with van der Waals surface area (Å²) in [6, 6.07) is 39.9. The van der Waals surface area contributed by atoms with E-state index in [1.165, 1.54) is 16.5 Å². The smallest absolute Gasteiger partial charge is 0.128 e. The van der Waals surface area contributed by atoms with Crippen molar-refractivity contribution in [1.82, 2.24) is 0 Å². The number of rotatable bonds is 6. The molecule has 162 valence electrons. The molecule has 0 aliphatic heterocycles. The van der Waals surface area contributed by atoms with E-state index in [1.807, 2.05) is 23.9 Å². The average Bonchev–Trinajstić information content (AvgIpc) is 2.87. The van der Waals surface area contributed by atoms with E-state index in [9.17, 15) is 5.11 Å². The van der Waals surface area contributed by atoms with Crippen LogP contribution < -0.4 is 0 Å². The van der Waals surface area contributed by atoms with Gasteiger partial charge in [0.15, 0.2) is 0 Å². The van der Waals surface area contributed by atoms with Crippen LogP contribution in [0.1, 0.15) is 27.5 Å². The lowest BCUT2D eigenvalue weighted by Gasteiger charge is -2.22. The molecule has 0 aliphatic carbocycles. The topological polar surface area (TPSA) is 20.2 Å². The minimum absolute atomic E-state index is 0.0278. The fraction of sp³-hybridized carbons (Fsp3) is 0.0968. The number of hydrogen-bond acceptors (Lipinski definition) is 2. The van der Waals surface area contributed by atoms with E-state index in [0.29, 0.717) is 5.75 Å². The van der Waals surface area contributed by atoms with Crippen molar-refractivity contribution >= 4 is 22.5 Å². The Morgan fingerprint density at radius 3 is 2.15 bits per heavy atom. The molecule has 1 N–H and O–H groups in total. The molecule has 1 nitrogen and oxygen atoms in total. The van der Waals surface area contributed by atoms with Gasteiger partial charge in [-0.3, -0.25) is 0 Å². The first-order valence-electron chi connectivity index (χ1n) is 11.2. The van der Waals surface area contributed by atoms with Gasteiger partial charge in [0.25, 0.3) is 0 Å². The van der Waals surface area contributed by atoms with E-state index < -0.39 is 0 Å². The minimum Gasteiger partial charge on any atom is -0.507 e. The number of hydrogen-bond donors (Lipinski definition) is 1. The molecule has 0 amide bonds. The molecule has 0 fully saturated rings. The Labute approximate surface area is 199 Å². The highest BCUT2D eigenvalue weighted by Crippen LogP contribution is 2.46. The lowest BCUT2D eigenvalue weighted by atomic mass is 9.92. The molecule has 1 atom stereocenters. The summed E-state index contributed by atoms with van der Waals surface area (Å²) in [6.07, 6.45) is 0. The summed E-state index contributed by atoms with van der Waals surface area (Å²) >= 11 is 1.85. The van der Waals surface area contributed by atoms with Gasteiger partial charge in [0.05, 0.1) is 5.25 Å². The molecule has 0 saturated carbocycles. The number of aromatic hydroxyl groups is 1. The molecule has 5 aromatic carbocycles. The number of benzene rings is 5. The van der Waals surface area contributed by atoms with Gasteiger partial charge in [-0.2, -0.15) is 0 Å². The first kappa shape index (κ1) is 21.4. The van der Waals surface area contributed by atoms with Gasteiger partial charge >= 0.3 is 0 Å². The highest BCUT2D eigenvalue weighted by molar-refractivity contribution is 7.99. The highest BCUT2D eigenvalue weighted by Gasteiger charge is 2.22. The largest absolute Gasteiger partial charge is 0.507 e. The SMILES string of the molecule is Cc1cc(-c2cccc3ccccc23)c(O)c(C(SCc2ccccc2)c2ccccc2)c1. The van der Waals surface area contributed by atoms with Crippen LogP contribution in [0.3, 0.4) is 0 Å². The second-order valence-electron chi connectivity index (χ2n) is 8.36. The maximum Gasteiger partial charge on any atom is 0.128 e. The molecule has 0 spiro atoms. The zero-order chi connectivity index (χ0) is 22.6. The molecule has 0 aliphatic rings. The first-order valence-corrected chi connectivity index (χ1v) is 12.3. The third kappa shape index (κ3) is 4.53. The Kier molecular flexibility index (Phi) is 6.19. The van der Waals surface area contributed by atoms with E-state index in [4.69, 9.17) is 0 Å². The maximum absolute atomic E-state index is 11.6. The van der Waals surface area contributed by atoms with Crippen molar-refractivity contribution in [3.05, 3.63) is 138 Å². The van der Waals surface area contributed by atoms with Gasteiger partial charge in [0.2, 0.25) is 0 Å². The van der Waals surface area contributed by atoms with Crippen LogP contribution in [-0.2, 0) is 5.75 Å². The van der Waals surface area contributed by atoms with E-state index >= 15 is 0 Å². The summed E-state index contributed by atoms with van der Waals surface area (Å²) in [4.78, 5) is 0. The number of phenols is 1. The van der Waals surface area contributed by atoms with E-state index in [-0.39, 0.29) is 5.25 Å². The van der Waals surface area contributed by atoms with Crippen LogP contribution in [0.4, 0.5) is 0 Å². The average molecular weight is 447 g/mol. The Bertz CT molecular complexity index is 1370. The normalized spacial score (nSPS) is 12.0. The molecule has 5 aromatic rings. The van der Waals surface area contributed by atoms with Crippen molar-refractivity contribution in [3.63, 3.8) is 0 Å². The fourth-order valence-electron chi connectivity index (χ4n) is 4.42. The lowest BCUT2D eigenvalue weighted by molar-refractivity contribution is 0.471. The van der Waals surface area contributed by atoms with Crippen molar-refractivity contribution in [3.8, 4) is 16.9 Å². The maximum atomic E-state index is 11.6. The van der Waals surface area contributed by atoms with E-state index in [2.05, 4.69) is 110 Å². The molecule has 33 heavy (non-hydrogen) atoms. The quantitative estimate of drug-likeness (QED) is 0.282. The van der Waals surface area contributed by atoms with Gasteiger partial charge in [-0.15, -0.1) is 11.8 Å². The van der Waals surface area contributed by atoms with E-state index in [1.54, 1.807) is 0 Å². The van der Waals surface area contributed by atoms with Gasteiger partial charge in [0, 0.05) is 16.9 Å². The van der Waals surface area contributed by atoms with E-state index in [0.717, 1.165) is 33.4 Å². The Balaban J connectivity index is 1.63. The zero-order valence-electron chi connectivity index (χ0n) is 18.6. The van der Waals surface area contributed by atoms with Gasteiger partial charge in [-0.25, -0.2) is 0 Å². The monoisotopic (exact) mass is 446 g/mol. The third-order valence-electron chi connectivity index (χ3n) is 6.01. The van der Waals surface area contributed by atoms with Gasteiger partial charge < -0.3 is 5.11 Å². The van der Waals surface area contributed by atoms with Crippen LogP contribution >= 0.6 is 11.8 Å². The van der Waals surface area contributed by atoms with Crippen LogP contribution in [-0.4, -0.2) is 5.11 Å². The molecular formula is C31H26OS. The summed E-state index contributed by atoms with van der Waals surface area (Å²) < 4.78 is 0.